The minimum Gasteiger partial charge on any atom is -0.479 e. The largest absolute Gasteiger partial charge is 0.479 e. The van der Waals surface area contributed by atoms with Gasteiger partial charge in [0, 0.05) is 12.6 Å². The molecule has 0 aliphatic heterocycles. The molecule has 0 fully saturated rings. The van der Waals surface area contributed by atoms with Crippen LogP contribution in [-0.2, 0) is 9.59 Å². The molecule has 1 N–H and O–H groups in total. The molecule has 0 spiro atoms. The molecule has 4 nitrogen and oxygen atoms in total. The Balaban J connectivity index is 3.04. The van der Waals surface area contributed by atoms with Crippen molar-refractivity contribution >= 4 is 29.2 Å². The number of halogens is 1. The van der Waals surface area contributed by atoms with Gasteiger partial charge in [0.15, 0.2) is 0 Å². The molecule has 0 saturated carbocycles. The van der Waals surface area contributed by atoms with Gasteiger partial charge in [-0.1, -0.05) is 29.8 Å². The van der Waals surface area contributed by atoms with Crippen molar-refractivity contribution in [2.75, 3.05) is 4.90 Å². The lowest BCUT2D eigenvalue weighted by atomic mass is 10.3. The first-order chi connectivity index (χ1) is 7.04. The number of carboxylic acids is 1. The van der Waals surface area contributed by atoms with Crippen LogP contribution in [0.5, 0.6) is 0 Å². The van der Waals surface area contributed by atoms with Crippen LogP contribution in [0.15, 0.2) is 30.3 Å². The first-order valence-corrected chi connectivity index (χ1v) is 4.69. The van der Waals surface area contributed by atoms with E-state index < -0.39 is 17.4 Å². The van der Waals surface area contributed by atoms with Crippen LogP contribution < -0.4 is 4.90 Å². The topological polar surface area (TPSA) is 57.6 Å². The van der Waals surface area contributed by atoms with Crippen molar-refractivity contribution in [3.05, 3.63) is 30.3 Å². The predicted molar refractivity (Wildman–Crippen MR) is 56.9 cm³/mol. The van der Waals surface area contributed by atoms with E-state index in [0.717, 1.165) is 4.90 Å². The molecular weight excluding hydrogens is 218 g/mol. The SMILES string of the molecule is CC(=O)N(c1ccccc1)[C@@H](Cl)C(=O)O. The summed E-state index contributed by atoms with van der Waals surface area (Å²) in [4.78, 5) is 23.0. The van der Waals surface area contributed by atoms with E-state index in [9.17, 15) is 9.59 Å². The Morgan fingerprint density at radius 1 is 1.33 bits per heavy atom. The fraction of sp³-hybridized carbons (Fsp3) is 0.200. The fourth-order valence-corrected chi connectivity index (χ4v) is 1.42. The molecule has 0 aliphatic carbocycles. The third-order valence-corrected chi connectivity index (χ3v) is 2.19. The second kappa shape index (κ2) is 4.79. The van der Waals surface area contributed by atoms with Crippen LogP contribution in [0.2, 0.25) is 0 Å². The van der Waals surface area contributed by atoms with Crippen molar-refractivity contribution in [3.63, 3.8) is 0 Å². The highest BCUT2D eigenvalue weighted by molar-refractivity contribution is 6.33. The van der Waals surface area contributed by atoms with E-state index in [2.05, 4.69) is 0 Å². The molecule has 0 unspecified atom stereocenters. The second-order valence-electron chi connectivity index (χ2n) is 2.90. The van der Waals surface area contributed by atoms with Crippen LogP contribution in [0.4, 0.5) is 5.69 Å². The highest BCUT2D eigenvalue weighted by Gasteiger charge is 2.26. The highest BCUT2D eigenvalue weighted by Crippen LogP contribution is 2.18. The third-order valence-electron chi connectivity index (χ3n) is 1.80. The lowest BCUT2D eigenvalue weighted by Gasteiger charge is -2.23. The van der Waals surface area contributed by atoms with Gasteiger partial charge in [0.05, 0.1) is 0 Å². The maximum atomic E-state index is 11.3. The van der Waals surface area contributed by atoms with Gasteiger partial charge >= 0.3 is 5.97 Å². The normalized spacial score (nSPS) is 11.9. The number of anilines is 1. The van der Waals surface area contributed by atoms with Gasteiger partial charge < -0.3 is 5.11 Å². The van der Waals surface area contributed by atoms with Crippen LogP contribution in [0.1, 0.15) is 6.92 Å². The van der Waals surface area contributed by atoms with Gasteiger partial charge in [-0.15, -0.1) is 0 Å². The van der Waals surface area contributed by atoms with E-state index in [1.54, 1.807) is 30.3 Å². The van der Waals surface area contributed by atoms with Crippen LogP contribution in [0.3, 0.4) is 0 Å². The maximum Gasteiger partial charge on any atom is 0.342 e. The summed E-state index contributed by atoms with van der Waals surface area (Å²) >= 11 is 5.62. The standard InChI is InChI=1S/C10H10ClNO3/c1-7(13)12(9(11)10(14)15)8-5-3-2-4-6-8/h2-6,9H,1H3,(H,14,15)/t9-/m1/s1. The summed E-state index contributed by atoms with van der Waals surface area (Å²) in [7, 11) is 0. The molecule has 80 valence electrons. The van der Waals surface area contributed by atoms with E-state index in [1.807, 2.05) is 0 Å². The van der Waals surface area contributed by atoms with Crippen molar-refractivity contribution in [2.24, 2.45) is 0 Å². The molecule has 1 aromatic carbocycles. The van der Waals surface area contributed by atoms with Gasteiger partial charge in [0.1, 0.15) is 0 Å². The summed E-state index contributed by atoms with van der Waals surface area (Å²) in [6.45, 7) is 1.27. The lowest BCUT2D eigenvalue weighted by molar-refractivity contribution is -0.137. The number of rotatable bonds is 3. The van der Waals surface area contributed by atoms with Crippen molar-refractivity contribution in [3.8, 4) is 0 Å². The molecule has 0 radical (unpaired) electrons. The number of carbonyl (C=O) groups excluding carboxylic acids is 1. The summed E-state index contributed by atoms with van der Waals surface area (Å²) in [6, 6.07) is 8.43. The third kappa shape index (κ3) is 2.70. The first kappa shape index (κ1) is 11.5. The fourth-order valence-electron chi connectivity index (χ4n) is 1.17. The number of hydrogen-bond acceptors (Lipinski definition) is 2. The molecule has 1 amide bonds. The van der Waals surface area contributed by atoms with Gasteiger partial charge in [-0.2, -0.15) is 0 Å². The molecule has 0 aliphatic rings. The maximum absolute atomic E-state index is 11.3. The van der Waals surface area contributed by atoms with Crippen molar-refractivity contribution in [2.45, 2.75) is 12.4 Å². The Hall–Kier alpha value is -1.55. The molecule has 0 heterocycles. The molecule has 0 saturated heterocycles. The number of para-hydroxylation sites is 1. The van der Waals surface area contributed by atoms with Gasteiger partial charge in [0.2, 0.25) is 11.4 Å². The monoisotopic (exact) mass is 227 g/mol. The van der Waals surface area contributed by atoms with Crippen LogP contribution in [0, 0.1) is 0 Å². The van der Waals surface area contributed by atoms with Crippen LogP contribution >= 0.6 is 11.6 Å². The summed E-state index contributed by atoms with van der Waals surface area (Å²) < 4.78 is 0. The molecule has 1 aromatic rings. The smallest absolute Gasteiger partial charge is 0.342 e. The van der Waals surface area contributed by atoms with Gasteiger partial charge in [-0.05, 0) is 12.1 Å². The minimum absolute atomic E-state index is 0.413. The van der Waals surface area contributed by atoms with Crippen molar-refractivity contribution < 1.29 is 14.7 Å². The summed E-state index contributed by atoms with van der Waals surface area (Å²) in [5.41, 5.74) is -0.919. The van der Waals surface area contributed by atoms with E-state index >= 15 is 0 Å². The number of hydrogen-bond donors (Lipinski definition) is 1. The van der Waals surface area contributed by atoms with Gasteiger partial charge in [-0.25, -0.2) is 4.79 Å². The van der Waals surface area contributed by atoms with E-state index in [1.165, 1.54) is 6.92 Å². The molecular formula is C10H10ClNO3. The summed E-state index contributed by atoms with van der Waals surface area (Å²) in [6.07, 6.45) is 0. The summed E-state index contributed by atoms with van der Waals surface area (Å²) in [5.74, 6) is -1.67. The number of carbonyl (C=O) groups is 2. The predicted octanol–water partition coefficient (Wildman–Crippen LogP) is 1.69. The number of alkyl halides is 1. The number of aliphatic carboxylic acids is 1. The Kier molecular flexibility index (Phi) is 3.68. The van der Waals surface area contributed by atoms with Crippen molar-refractivity contribution in [1.82, 2.24) is 0 Å². The molecule has 15 heavy (non-hydrogen) atoms. The molecule has 0 bridgehead atoms. The number of amides is 1. The average molecular weight is 228 g/mol. The molecule has 1 atom stereocenters. The van der Waals surface area contributed by atoms with Crippen molar-refractivity contribution in [1.29, 1.82) is 0 Å². The van der Waals surface area contributed by atoms with Gasteiger partial charge in [-0.3, -0.25) is 9.69 Å². The second-order valence-corrected chi connectivity index (χ2v) is 3.31. The first-order valence-electron chi connectivity index (χ1n) is 4.25. The minimum atomic E-state index is -1.38. The van der Waals surface area contributed by atoms with E-state index in [4.69, 9.17) is 16.7 Å². The Morgan fingerprint density at radius 2 is 1.87 bits per heavy atom. The lowest BCUT2D eigenvalue weighted by Crippen LogP contribution is -2.40. The van der Waals surface area contributed by atoms with E-state index in [-0.39, 0.29) is 0 Å². The molecule has 1 rings (SSSR count). The van der Waals surface area contributed by atoms with E-state index in [0.29, 0.717) is 5.69 Å². The van der Waals surface area contributed by atoms with Crippen LogP contribution in [-0.4, -0.2) is 22.5 Å². The average Bonchev–Trinajstić information content (AvgIpc) is 2.18. The highest BCUT2D eigenvalue weighted by atomic mass is 35.5. The Labute approximate surface area is 92.1 Å². The summed E-state index contributed by atoms with van der Waals surface area (Å²) in [5, 5.41) is 8.74. The molecule has 5 heteroatoms. The van der Waals surface area contributed by atoms with Crippen LogP contribution in [0.25, 0.3) is 0 Å². The Morgan fingerprint density at radius 3 is 2.27 bits per heavy atom. The number of nitrogens with zero attached hydrogens (tertiary/aromatic N) is 1. The zero-order valence-electron chi connectivity index (χ0n) is 8.05. The molecule has 0 aromatic heterocycles. The number of carboxylic acid groups (broad SMARTS) is 1. The quantitative estimate of drug-likeness (QED) is 0.632. The number of benzene rings is 1. The zero-order valence-corrected chi connectivity index (χ0v) is 8.81. The van der Waals surface area contributed by atoms with Gasteiger partial charge in [0.25, 0.3) is 0 Å². The zero-order chi connectivity index (χ0) is 11.4. The Bertz CT molecular complexity index is 366.